The molecule has 0 aliphatic carbocycles. The molecule has 0 spiro atoms. The average molecular weight is 314 g/mol. The molecule has 1 fully saturated rings. The van der Waals surface area contributed by atoms with Crippen LogP contribution in [0.3, 0.4) is 0 Å². The molecule has 116 valence electrons. The number of aryl methyl sites for hydroxylation is 2. The number of likely N-dealkylation sites (tertiary alicyclic amines) is 1. The Bertz CT molecular complexity index is 623. The fourth-order valence-corrected chi connectivity index (χ4v) is 3.92. The molecule has 3 nitrogen and oxygen atoms in total. The molecule has 1 aliphatic rings. The maximum absolute atomic E-state index is 12.5. The zero-order valence-electron chi connectivity index (χ0n) is 13.0. The van der Waals surface area contributed by atoms with Gasteiger partial charge in [-0.3, -0.25) is 4.79 Å². The molecule has 1 amide bonds. The van der Waals surface area contributed by atoms with E-state index in [0.717, 1.165) is 32.4 Å². The van der Waals surface area contributed by atoms with Crippen molar-refractivity contribution in [2.75, 3.05) is 13.1 Å². The van der Waals surface area contributed by atoms with Gasteiger partial charge in [0, 0.05) is 36.5 Å². The van der Waals surface area contributed by atoms with E-state index in [4.69, 9.17) is 0 Å². The van der Waals surface area contributed by atoms with Crippen LogP contribution in [0.4, 0.5) is 0 Å². The van der Waals surface area contributed by atoms with Crippen molar-refractivity contribution in [3.05, 3.63) is 52.0 Å². The van der Waals surface area contributed by atoms with Gasteiger partial charge in [0.15, 0.2) is 0 Å². The van der Waals surface area contributed by atoms with E-state index in [-0.39, 0.29) is 5.91 Å². The van der Waals surface area contributed by atoms with Crippen LogP contribution in [0.25, 0.3) is 0 Å². The number of hydrogen-bond donors (Lipinski definition) is 0. The third-order valence-electron chi connectivity index (χ3n) is 4.23. The normalized spacial score (nSPS) is 18.4. The van der Waals surface area contributed by atoms with Gasteiger partial charge < -0.3 is 4.90 Å². The van der Waals surface area contributed by atoms with Crippen LogP contribution in [0.5, 0.6) is 0 Å². The summed E-state index contributed by atoms with van der Waals surface area (Å²) in [5.74, 6) is 0.704. The van der Waals surface area contributed by atoms with E-state index < -0.39 is 0 Å². The molecule has 1 aliphatic heterocycles. The number of amides is 1. The molecule has 1 atom stereocenters. The Kier molecular flexibility index (Phi) is 4.88. The highest BCUT2D eigenvalue weighted by molar-refractivity contribution is 7.11. The number of thiazole rings is 1. The summed E-state index contributed by atoms with van der Waals surface area (Å²) in [5, 5.41) is 1.19. The number of carbonyl (C=O) groups excluding carboxylic acids is 1. The molecule has 3 rings (SSSR count). The molecular formula is C18H22N2OS. The van der Waals surface area contributed by atoms with E-state index in [1.165, 1.54) is 15.4 Å². The zero-order valence-corrected chi connectivity index (χ0v) is 13.8. The minimum atomic E-state index is 0.279. The molecule has 0 N–H and O–H groups in total. The Hall–Kier alpha value is -1.68. The first-order valence-electron chi connectivity index (χ1n) is 7.96. The van der Waals surface area contributed by atoms with Crippen molar-refractivity contribution in [2.45, 2.75) is 38.5 Å². The fourth-order valence-electron chi connectivity index (χ4n) is 3.02. The summed E-state index contributed by atoms with van der Waals surface area (Å²) in [4.78, 5) is 20.3. The Morgan fingerprint density at radius 1 is 1.36 bits per heavy atom. The lowest BCUT2D eigenvalue weighted by atomic mass is 9.98. The molecule has 1 aromatic heterocycles. The Morgan fingerprint density at radius 3 is 2.91 bits per heavy atom. The Labute approximate surface area is 136 Å². The van der Waals surface area contributed by atoms with Gasteiger partial charge in [-0.1, -0.05) is 30.3 Å². The van der Waals surface area contributed by atoms with Gasteiger partial charge >= 0.3 is 0 Å². The number of carbonyl (C=O) groups is 1. The van der Waals surface area contributed by atoms with E-state index in [1.54, 1.807) is 11.3 Å². The highest BCUT2D eigenvalue weighted by atomic mass is 32.1. The van der Waals surface area contributed by atoms with Gasteiger partial charge in [0.1, 0.15) is 0 Å². The van der Waals surface area contributed by atoms with Crippen LogP contribution in [-0.2, 0) is 11.2 Å². The molecule has 0 bridgehead atoms. The molecule has 1 aromatic carbocycles. The van der Waals surface area contributed by atoms with Crippen molar-refractivity contribution < 1.29 is 4.79 Å². The molecule has 2 aromatic rings. The minimum Gasteiger partial charge on any atom is -0.342 e. The minimum absolute atomic E-state index is 0.279. The standard InChI is InChI=1S/C18H22N2OS/c1-14-12-19-18(22-14)16-8-5-11-20(13-16)17(21)10-9-15-6-3-2-4-7-15/h2-4,6-7,12,16H,5,8-11,13H2,1H3. The second-order valence-corrected chi connectivity index (χ2v) is 7.24. The first-order chi connectivity index (χ1) is 10.7. The van der Waals surface area contributed by atoms with Crippen molar-refractivity contribution in [1.82, 2.24) is 9.88 Å². The SMILES string of the molecule is Cc1cnc(C2CCCN(C(=O)CCc3ccccc3)C2)s1. The Morgan fingerprint density at radius 2 is 2.18 bits per heavy atom. The van der Waals surface area contributed by atoms with Crippen LogP contribution in [0.2, 0.25) is 0 Å². The van der Waals surface area contributed by atoms with Crippen LogP contribution in [0, 0.1) is 6.92 Å². The predicted octanol–water partition coefficient (Wildman–Crippen LogP) is 3.79. The van der Waals surface area contributed by atoms with Crippen LogP contribution in [-0.4, -0.2) is 28.9 Å². The number of benzene rings is 1. The third-order valence-corrected chi connectivity index (χ3v) is 5.31. The average Bonchev–Trinajstić information content (AvgIpc) is 3.00. The van der Waals surface area contributed by atoms with Crippen LogP contribution < -0.4 is 0 Å². The van der Waals surface area contributed by atoms with Gasteiger partial charge in [0.25, 0.3) is 0 Å². The van der Waals surface area contributed by atoms with Crippen LogP contribution >= 0.6 is 11.3 Å². The number of hydrogen-bond acceptors (Lipinski definition) is 3. The van der Waals surface area contributed by atoms with Gasteiger partial charge in [0.2, 0.25) is 5.91 Å². The molecule has 2 heterocycles. The monoisotopic (exact) mass is 314 g/mol. The quantitative estimate of drug-likeness (QED) is 0.860. The van der Waals surface area contributed by atoms with Gasteiger partial charge in [-0.05, 0) is 31.7 Å². The second kappa shape index (κ2) is 7.05. The van der Waals surface area contributed by atoms with Gasteiger partial charge in [-0.25, -0.2) is 4.98 Å². The van der Waals surface area contributed by atoms with E-state index in [2.05, 4.69) is 24.0 Å². The smallest absolute Gasteiger partial charge is 0.222 e. The number of aromatic nitrogens is 1. The molecule has 22 heavy (non-hydrogen) atoms. The zero-order chi connectivity index (χ0) is 15.4. The number of piperidine rings is 1. The van der Waals surface area contributed by atoms with E-state index >= 15 is 0 Å². The van der Waals surface area contributed by atoms with Gasteiger partial charge in [-0.2, -0.15) is 0 Å². The van der Waals surface area contributed by atoms with E-state index in [1.807, 2.05) is 29.3 Å². The summed E-state index contributed by atoms with van der Waals surface area (Å²) >= 11 is 1.77. The van der Waals surface area contributed by atoms with Gasteiger partial charge in [-0.15, -0.1) is 11.3 Å². The summed E-state index contributed by atoms with van der Waals surface area (Å²) in [6.07, 6.45) is 5.61. The van der Waals surface area contributed by atoms with Crippen molar-refractivity contribution in [3.63, 3.8) is 0 Å². The fraction of sp³-hybridized carbons (Fsp3) is 0.444. The van der Waals surface area contributed by atoms with Crippen LogP contribution in [0.15, 0.2) is 36.5 Å². The van der Waals surface area contributed by atoms with Crippen molar-refractivity contribution in [1.29, 1.82) is 0 Å². The van der Waals surface area contributed by atoms with E-state index in [0.29, 0.717) is 12.3 Å². The third kappa shape index (κ3) is 3.74. The lowest BCUT2D eigenvalue weighted by Crippen LogP contribution is -2.39. The molecule has 1 saturated heterocycles. The highest BCUT2D eigenvalue weighted by Crippen LogP contribution is 2.30. The van der Waals surface area contributed by atoms with Gasteiger partial charge in [0.05, 0.1) is 5.01 Å². The summed E-state index contributed by atoms with van der Waals surface area (Å²) in [5.41, 5.74) is 1.24. The topological polar surface area (TPSA) is 33.2 Å². The summed E-state index contributed by atoms with van der Waals surface area (Å²) in [7, 11) is 0. The molecule has 0 radical (unpaired) electrons. The summed E-state index contributed by atoms with van der Waals surface area (Å²) in [6, 6.07) is 10.2. The molecule has 0 saturated carbocycles. The van der Waals surface area contributed by atoms with Crippen molar-refractivity contribution in [2.24, 2.45) is 0 Å². The van der Waals surface area contributed by atoms with Crippen LogP contribution in [0.1, 0.15) is 40.6 Å². The first-order valence-corrected chi connectivity index (χ1v) is 8.78. The van der Waals surface area contributed by atoms with E-state index in [9.17, 15) is 4.79 Å². The van der Waals surface area contributed by atoms with Crippen molar-refractivity contribution in [3.8, 4) is 0 Å². The summed E-state index contributed by atoms with van der Waals surface area (Å²) < 4.78 is 0. The summed E-state index contributed by atoms with van der Waals surface area (Å²) in [6.45, 7) is 3.82. The number of nitrogens with zero attached hydrogens (tertiary/aromatic N) is 2. The lowest BCUT2D eigenvalue weighted by Gasteiger charge is -2.32. The maximum atomic E-state index is 12.5. The second-order valence-electron chi connectivity index (χ2n) is 5.97. The molecule has 1 unspecified atom stereocenters. The lowest BCUT2D eigenvalue weighted by molar-refractivity contribution is -0.132. The largest absolute Gasteiger partial charge is 0.342 e. The number of rotatable bonds is 4. The highest BCUT2D eigenvalue weighted by Gasteiger charge is 2.26. The predicted molar refractivity (Wildman–Crippen MR) is 90.2 cm³/mol. The first kappa shape index (κ1) is 15.2. The molecule has 4 heteroatoms. The van der Waals surface area contributed by atoms with Crippen molar-refractivity contribution >= 4 is 17.2 Å². The Balaban J connectivity index is 1.56. The maximum Gasteiger partial charge on any atom is 0.222 e. The molecular weight excluding hydrogens is 292 g/mol.